The Morgan fingerprint density at radius 2 is 2.50 bits per heavy atom. The van der Waals surface area contributed by atoms with Crippen LogP contribution in [0.15, 0.2) is 0 Å². The molecule has 0 saturated carbocycles. The summed E-state index contributed by atoms with van der Waals surface area (Å²) < 4.78 is 0. The van der Waals surface area contributed by atoms with Crippen LogP contribution in [0.3, 0.4) is 0 Å². The Balaban J connectivity index is 2.53. The van der Waals surface area contributed by atoms with Crippen molar-refractivity contribution in [2.75, 3.05) is 11.9 Å². The molecule has 0 aromatic carbocycles. The summed E-state index contributed by atoms with van der Waals surface area (Å²) in [5, 5.41) is 14.1. The summed E-state index contributed by atoms with van der Waals surface area (Å²) >= 11 is 3.18. The van der Waals surface area contributed by atoms with Gasteiger partial charge in [-0.3, -0.25) is 4.79 Å². The van der Waals surface area contributed by atoms with E-state index in [-0.39, 0.29) is 11.7 Å². The first-order valence-corrected chi connectivity index (χ1v) is 4.44. The number of carbonyl (C=O) groups is 1. The lowest BCUT2D eigenvalue weighted by Gasteiger charge is -1.95. The highest BCUT2D eigenvalue weighted by Gasteiger charge is 2.09. The molecule has 1 rings (SSSR count). The molecule has 12 heavy (non-hydrogen) atoms. The van der Waals surface area contributed by atoms with Crippen molar-refractivity contribution < 1.29 is 4.79 Å². The molecule has 1 N–H and O–H groups in total. The maximum absolute atomic E-state index is 11.1. The quantitative estimate of drug-likeness (QED) is 0.704. The van der Waals surface area contributed by atoms with E-state index < -0.39 is 0 Å². The lowest BCUT2D eigenvalue weighted by atomic mass is 10.5. The molecule has 0 aliphatic carbocycles. The molecule has 0 spiro atoms. The molecule has 0 aliphatic heterocycles. The van der Waals surface area contributed by atoms with E-state index in [0.717, 1.165) is 0 Å². The van der Waals surface area contributed by atoms with Gasteiger partial charge in [-0.05, 0) is 5.21 Å². The molecule has 0 aliphatic rings. The average Bonchev–Trinajstić information content (AvgIpc) is 2.47. The van der Waals surface area contributed by atoms with Crippen LogP contribution in [0.5, 0.6) is 0 Å². The summed E-state index contributed by atoms with van der Waals surface area (Å²) in [5.41, 5.74) is 0. The fourth-order valence-corrected chi connectivity index (χ4v) is 0.813. The highest BCUT2D eigenvalue weighted by molar-refractivity contribution is 9.09. The molecule has 0 bridgehead atoms. The topological polar surface area (TPSA) is 72.7 Å². The summed E-state index contributed by atoms with van der Waals surface area (Å²) in [5.74, 6) is -0.207. The molecule has 0 saturated heterocycles. The van der Waals surface area contributed by atoms with Crippen molar-refractivity contribution in [3.63, 3.8) is 0 Å². The number of carbonyl (C=O) groups excluding carboxylic acids is 1. The highest BCUT2D eigenvalue weighted by atomic mass is 79.9. The number of nitrogens with zero attached hydrogens (tertiary/aromatic N) is 4. The fourth-order valence-electron chi connectivity index (χ4n) is 0.615. The largest absolute Gasteiger partial charge is 0.348 e. The summed E-state index contributed by atoms with van der Waals surface area (Å²) in [6.07, 6.45) is 0. The zero-order valence-electron chi connectivity index (χ0n) is 6.49. The fraction of sp³-hybridized carbons (Fsp3) is 0.600. The van der Waals surface area contributed by atoms with Crippen molar-refractivity contribution >= 4 is 21.8 Å². The Morgan fingerprint density at radius 1 is 1.75 bits per heavy atom. The Bertz CT molecular complexity index is 273. The minimum absolute atomic E-state index is 0.0958. The van der Waals surface area contributed by atoms with Gasteiger partial charge in [0.05, 0.1) is 7.05 Å². The summed E-state index contributed by atoms with van der Waals surface area (Å²) in [4.78, 5) is 12.3. The van der Waals surface area contributed by atoms with E-state index in [1.807, 2.05) is 0 Å². The maximum atomic E-state index is 11.1. The van der Waals surface area contributed by atoms with Crippen LogP contribution in [0, 0.1) is 0 Å². The van der Waals surface area contributed by atoms with Crippen LogP contribution in [0.25, 0.3) is 0 Å². The third-order valence-corrected chi connectivity index (χ3v) is 1.49. The highest BCUT2D eigenvalue weighted by Crippen LogP contribution is 1.84. The van der Waals surface area contributed by atoms with Crippen molar-refractivity contribution in [2.45, 2.75) is 0 Å². The molecule has 1 aromatic rings. The third kappa shape index (κ3) is 2.26. The second-order valence-electron chi connectivity index (χ2n) is 2.05. The van der Waals surface area contributed by atoms with Gasteiger partial charge >= 0.3 is 0 Å². The minimum atomic E-state index is -0.303. The van der Waals surface area contributed by atoms with E-state index in [1.165, 1.54) is 4.80 Å². The number of nitrogens with one attached hydrogen (secondary N) is 1. The SMILES string of the molecule is Cn1nnc(C(=O)NCCBr)n1. The second-order valence-corrected chi connectivity index (χ2v) is 2.84. The van der Waals surface area contributed by atoms with Crippen molar-refractivity contribution in [1.29, 1.82) is 0 Å². The molecular formula is C5H8BrN5O. The number of amides is 1. The van der Waals surface area contributed by atoms with E-state index in [9.17, 15) is 4.79 Å². The van der Waals surface area contributed by atoms with Crippen molar-refractivity contribution in [2.24, 2.45) is 7.05 Å². The first kappa shape index (κ1) is 9.11. The predicted octanol–water partition coefficient (Wildman–Crippen LogP) is -0.665. The molecule has 0 fully saturated rings. The van der Waals surface area contributed by atoms with Gasteiger partial charge in [-0.1, -0.05) is 15.9 Å². The van der Waals surface area contributed by atoms with Crippen LogP contribution in [-0.4, -0.2) is 38.0 Å². The third-order valence-electron chi connectivity index (χ3n) is 1.09. The van der Waals surface area contributed by atoms with Gasteiger partial charge < -0.3 is 5.32 Å². The molecule has 6 nitrogen and oxygen atoms in total. The van der Waals surface area contributed by atoms with E-state index in [2.05, 4.69) is 36.7 Å². The van der Waals surface area contributed by atoms with Crippen molar-refractivity contribution in [3.05, 3.63) is 5.82 Å². The maximum Gasteiger partial charge on any atom is 0.292 e. The molecule has 0 unspecified atom stereocenters. The van der Waals surface area contributed by atoms with Crippen molar-refractivity contribution in [3.8, 4) is 0 Å². The zero-order chi connectivity index (χ0) is 8.97. The number of aromatic nitrogens is 4. The van der Waals surface area contributed by atoms with Gasteiger partial charge in [0.15, 0.2) is 0 Å². The molecule has 0 atom stereocenters. The number of aryl methyl sites for hydroxylation is 1. The van der Waals surface area contributed by atoms with E-state index in [0.29, 0.717) is 11.9 Å². The summed E-state index contributed by atoms with van der Waals surface area (Å²) in [7, 11) is 1.61. The molecule has 66 valence electrons. The van der Waals surface area contributed by atoms with Crippen LogP contribution in [0.4, 0.5) is 0 Å². The second kappa shape index (κ2) is 4.15. The molecule has 1 heterocycles. The molecule has 1 aromatic heterocycles. The van der Waals surface area contributed by atoms with Gasteiger partial charge in [-0.2, -0.15) is 4.80 Å². The van der Waals surface area contributed by atoms with E-state index in [1.54, 1.807) is 7.05 Å². The number of hydrogen-bond acceptors (Lipinski definition) is 4. The Kier molecular flexibility index (Phi) is 3.15. The lowest BCUT2D eigenvalue weighted by Crippen LogP contribution is -2.26. The van der Waals surface area contributed by atoms with Crippen LogP contribution < -0.4 is 5.32 Å². The number of halogens is 1. The first-order valence-electron chi connectivity index (χ1n) is 3.32. The standard InChI is InChI=1S/C5H8BrN5O/c1-11-9-4(8-10-11)5(12)7-3-2-6/h2-3H2,1H3,(H,7,12). The Hall–Kier alpha value is -0.980. The smallest absolute Gasteiger partial charge is 0.292 e. The summed E-state index contributed by atoms with van der Waals surface area (Å²) in [6.45, 7) is 0.553. The van der Waals surface area contributed by atoms with Crippen LogP contribution in [0.2, 0.25) is 0 Å². The van der Waals surface area contributed by atoms with Crippen molar-refractivity contribution in [1.82, 2.24) is 25.5 Å². The number of tetrazole rings is 1. The van der Waals surface area contributed by atoms with Gasteiger partial charge in [0.2, 0.25) is 0 Å². The number of rotatable bonds is 3. The van der Waals surface area contributed by atoms with Gasteiger partial charge in [-0.25, -0.2) is 0 Å². The number of alkyl halides is 1. The first-order chi connectivity index (χ1) is 5.74. The normalized spacial score (nSPS) is 9.83. The monoisotopic (exact) mass is 233 g/mol. The van der Waals surface area contributed by atoms with E-state index >= 15 is 0 Å². The average molecular weight is 234 g/mol. The van der Waals surface area contributed by atoms with E-state index in [4.69, 9.17) is 0 Å². The zero-order valence-corrected chi connectivity index (χ0v) is 8.08. The Labute approximate surface area is 77.5 Å². The molecular weight excluding hydrogens is 226 g/mol. The van der Waals surface area contributed by atoms with Crippen LogP contribution >= 0.6 is 15.9 Å². The van der Waals surface area contributed by atoms with Gasteiger partial charge in [0, 0.05) is 11.9 Å². The molecule has 0 radical (unpaired) electrons. The summed E-state index contributed by atoms with van der Waals surface area (Å²) in [6, 6.07) is 0. The molecule has 7 heteroatoms. The Morgan fingerprint density at radius 3 is 3.00 bits per heavy atom. The van der Waals surface area contributed by atoms with Crippen LogP contribution in [-0.2, 0) is 7.05 Å². The van der Waals surface area contributed by atoms with Gasteiger partial charge in [-0.15, -0.1) is 10.2 Å². The number of hydrogen-bond donors (Lipinski definition) is 1. The van der Waals surface area contributed by atoms with Crippen LogP contribution in [0.1, 0.15) is 10.6 Å². The predicted molar refractivity (Wildman–Crippen MR) is 44.9 cm³/mol. The minimum Gasteiger partial charge on any atom is -0.348 e. The van der Waals surface area contributed by atoms with Gasteiger partial charge in [0.25, 0.3) is 11.7 Å². The lowest BCUT2D eigenvalue weighted by molar-refractivity contribution is 0.0945. The van der Waals surface area contributed by atoms with Gasteiger partial charge in [0.1, 0.15) is 0 Å². The molecule has 1 amide bonds.